The Morgan fingerprint density at radius 3 is 2.96 bits per heavy atom. The quantitative estimate of drug-likeness (QED) is 0.605. The number of imidazole rings is 1. The first-order chi connectivity index (χ1) is 12.0. The number of anilines is 1. The van der Waals surface area contributed by atoms with Crippen LogP contribution in [0.1, 0.15) is 12.5 Å². The lowest BCUT2D eigenvalue weighted by atomic mass is 10.2. The number of H-pyrrole nitrogens is 1. The summed E-state index contributed by atoms with van der Waals surface area (Å²) in [5.74, 6) is 0.512. The predicted octanol–water partition coefficient (Wildman–Crippen LogP) is 4.16. The molecule has 0 unspecified atom stereocenters. The number of fused-ring (bicyclic) bond motifs is 1. The van der Waals surface area contributed by atoms with E-state index in [1.165, 1.54) is 11.8 Å². The van der Waals surface area contributed by atoms with Crippen LogP contribution in [0.3, 0.4) is 0 Å². The highest BCUT2D eigenvalue weighted by Crippen LogP contribution is 2.28. The van der Waals surface area contributed by atoms with Crippen LogP contribution in [0.25, 0.3) is 11.2 Å². The molecule has 0 bridgehead atoms. The molecule has 6 nitrogen and oxygen atoms in total. The second kappa shape index (κ2) is 7.45. The molecule has 1 aromatic carbocycles. The average Bonchev–Trinajstić information content (AvgIpc) is 2.96. The van der Waals surface area contributed by atoms with Crippen molar-refractivity contribution in [1.29, 1.82) is 0 Å². The van der Waals surface area contributed by atoms with Crippen LogP contribution in [0.4, 0.5) is 5.69 Å². The van der Waals surface area contributed by atoms with Gasteiger partial charge in [0.2, 0.25) is 5.91 Å². The molecule has 0 aliphatic heterocycles. The number of methoxy groups -OCH3 is 1. The Bertz CT molecular complexity index is 928. The first-order valence-corrected chi connectivity index (χ1v) is 9.27. The van der Waals surface area contributed by atoms with Crippen LogP contribution in [0.2, 0.25) is 0 Å². The van der Waals surface area contributed by atoms with E-state index in [-0.39, 0.29) is 11.2 Å². The number of hydrogen-bond donors (Lipinski definition) is 2. The van der Waals surface area contributed by atoms with Crippen LogP contribution in [0.5, 0.6) is 5.75 Å². The number of aryl methyl sites for hydroxylation is 1. The zero-order chi connectivity index (χ0) is 18.0. The van der Waals surface area contributed by atoms with Crippen LogP contribution in [-0.2, 0) is 4.79 Å². The lowest BCUT2D eigenvalue weighted by Gasteiger charge is -2.14. The Kier molecular flexibility index (Phi) is 5.29. The van der Waals surface area contributed by atoms with Crippen molar-refractivity contribution >= 4 is 50.5 Å². The molecule has 8 heteroatoms. The van der Waals surface area contributed by atoms with Gasteiger partial charge in [-0.05, 0) is 53.5 Å². The van der Waals surface area contributed by atoms with E-state index in [2.05, 4.69) is 36.2 Å². The topological polar surface area (TPSA) is 79.9 Å². The number of benzene rings is 1. The van der Waals surface area contributed by atoms with E-state index in [0.29, 0.717) is 22.2 Å². The third kappa shape index (κ3) is 4.13. The Hall–Kier alpha value is -2.06. The van der Waals surface area contributed by atoms with Gasteiger partial charge in [-0.1, -0.05) is 17.8 Å². The van der Waals surface area contributed by atoms with Gasteiger partial charge in [-0.3, -0.25) is 4.79 Å². The van der Waals surface area contributed by atoms with Crippen molar-refractivity contribution in [3.8, 4) is 5.75 Å². The van der Waals surface area contributed by atoms with Crippen LogP contribution in [0.15, 0.2) is 40.1 Å². The van der Waals surface area contributed by atoms with Crippen LogP contribution in [-0.4, -0.2) is 33.2 Å². The second-order valence-corrected chi connectivity index (χ2v) is 7.76. The fourth-order valence-corrected chi connectivity index (χ4v) is 3.42. The molecular weight excluding hydrogens is 404 g/mol. The smallest absolute Gasteiger partial charge is 0.237 e. The molecule has 2 heterocycles. The number of hydrogen-bond acceptors (Lipinski definition) is 5. The summed E-state index contributed by atoms with van der Waals surface area (Å²) >= 11 is 4.72. The van der Waals surface area contributed by atoms with Gasteiger partial charge in [0.15, 0.2) is 10.8 Å². The Balaban J connectivity index is 1.72. The van der Waals surface area contributed by atoms with Crippen molar-refractivity contribution in [3.05, 3.63) is 40.5 Å². The minimum absolute atomic E-state index is 0.122. The summed E-state index contributed by atoms with van der Waals surface area (Å²) in [7, 11) is 1.58. The van der Waals surface area contributed by atoms with Crippen LogP contribution in [0, 0.1) is 6.92 Å². The average molecular weight is 421 g/mol. The molecule has 25 heavy (non-hydrogen) atoms. The highest BCUT2D eigenvalue weighted by atomic mass is 79.9. The van der Waals surface area contributed by atoms with E-state index in [1.54, 1.807) is 13.3 Å². The van der Waals surface area contributed by atoms with Gasteiger partial charge in [0.05, 0.1) is 23.6 Å². The predicted molar refractivity (Wildman–Crippen MR) is 103 cm³/mol. The number of carbonyl (C=O) groups excluding carboxylic acids is 1. The molecule has 0 spiro atoms. The Morgan fingerprint density at radius 1 is 1.40 bits per heavy atom. The highest BCUT2D eigenvalue weighted by molar-refractivity contribution is 9.10. The molecule has 130 valence electrons. The lowest BCUT2D eigenvalue weighted by Crippen LogP contribution is -2.22. The lowest BCUT2D eigenvalue weighted by molar-refractivity contribution is -0.115. The molecule has 2 aromatic heterocycles. The van der Waals surface area contributed by atoms with Gasteiger partial charge in [-0.2, -0.15) is 0 Å². The van der Waals surface area contributed by atoms with Gasteiger partial charge in [-0.25, -0.2) is 9.97 Å². The summed E-state index contributed by atoms with van der Waals surface area (Å²) in [5.41, 5.74) is 3.16. The van der Waals surface area contributed by atoms with Crippen molar-refractivity contribution in [2.75, 3.05) is 12.4 Å². The summed E-state index contributed by atoms with van der Waals surface area (Å²) in [6.07, 6.45) is 1.69. The number of carbonyl (C=O) groups is 1. The summed E-state index contributed by atoms with van der Waals surface area (Å²) in [6.45, 7) is 3.80. The van der Waals surface area contributed by atoms with Gasteiger partial charge in [-0.15, -0.1) is 0 Å². The van der Waals surface area contributed by atoms with Crippen molar-refractivity contribution in [2.24, 2.45) is 0 Å². The molecule has 0 radical (unpaired) electrons. The van der Waals surface area contributed by atoms with E-state index in [0.717, 1.165) is 15.6 Å². The monoisotopic (exact) mass is 420 g/mol. The fraction of sp³-hybridized carbons (Fsp3) is 0.235. The van der Waals surface area contributed by atoms with E-state index in [1.807, 2.05) is 38.1 Å². The minimum atomic E-state index is -0.339. The van der Waals surface area contributed by atoms with E-state index < -0.39 is 0 Å². The van der Waals surface area contributed by atoms with Gasteiger partial charge >= 0.3 is 0 Å². The van der Waals surface area contributed by atoms with Gasteiger partial charge in [0.25, 0.3) is 0 Å². The third-order valence-corrected chi connectivity index (χ3v) is 4.97. The van der Waals surface area contributed by atoms with Crippen molar-refractivity contribution in [3.63, 3.8) is 0 Å². The summed E-state index contributed by atoms with van der Waals surface area (Å²) in [6, 6.07) is 7.57. The number of thioether (sulfide) groups is 1. The van der Waals surface area contributed by atoms with Gasteiger partial charge in [0, 0.05) is 10.7 Å². The third-order valence-electron chi connectivity index (χ3n) is 3.55. The van der Waals surface area contributed by atoms with E-state index in [9.17, 15) is 4.79 Å². The Labute approximate surface area is 157 Å². The molecule has 3 aromatic rings. The molecule has 1 amide bonds. The largest absolute Gasteiger partial charge is 0.495 e. The number of halogens is 1. The highest BCUT2D eigenvalue weighted by Gasteiger charge is 2.18. The minimum Gasteiger partial charge on any atom is -0.495 e. The molecule has 0 fully saturated rings. The molecule has 0 saturated heterocycles. The molecule has 1 atom stereocenters. The summed E-state index contributed by atoms with van der Waals surface area (Å²) in [5, 5.41) is 3.23. The molecular formula is C17H17BrN4O2S. The first kappa shape index (κ1) is 17.8. The standard InChI is InChI=1S/C17H17BrN4O2S/c1-9-4-5-14(24-3)12(6-9)20-16(23)10(2)25-17-21-13-7-11(18)8-19-15(13)22-17/h4-8,10H,1-3H3,(H,20,23)(H,19,21,22)/t10-/m0/s1. The molecule has 2 N–H and O–H groups in total. The normalized spacial score (nSPS) is 12.2. The number of pyridine rings is 1. The number of nitrogens with zero attached hydrogens (tertiary/aromatic N) is 2. The zero-order valence-electron chi connectivity index (χ0n) is 14.0. The maximum Gasteiger partial charge on any atom is 0.237 e. The molecule has 0 saturated carbocycles. The molecule has 0 aliphatic rings. The molecule has 3 rings (SSSR count). The number of amides is 1. The number of ether oxygens (including phenoxy) is 1. The Morgan fingerprint density at radius 2 is 2.20 bits per heavy atom. The second-order valence-electron chi connectivity index (χ2n) is 5.52. The van der Waals surface area contributed by atoms with Gasteiger partial charge < -0.3 is 15.0 Å². The van der Waals surface area contributed by atoms with Crippen molar-refractivity contribution in [1.82, 2.24) is 15.0 Å². The van der Waals surface area contributed by atoms with E-state index in [4.69, 9.17) is 4.74 Å². The first-order valence-electron chi connectivity index (χ1n) is 7.59. The molecule has 0 aliphatic carbocycles. The maximum atomic E-state index is 12.5. The van der Waals surface area contributed by atoms with Crippen molar-refractivity contribution < 1.29 is 9.53 Å². The number of aromatic amines is 1. The van der Waals surface area contributed by atoms with E-state index >= 15 is 0 Å². The van der Waals surface area contributed by atoms with Crippen LogP contribution >= 0.6 is 27.7 Å². The fourth-order valence-electron chi connectivity index (χ4n) is 2.28. The summed E-state index contributed by atoms with van der Waals surface area (Å²) < 4.78 is 6.17. The summed E-state index contributed by atoms with van der Waals surface area (Å²) in [4.78, 5) is 24.3. The number of nitrogens with one attached hydrogen (secondary N) is 2. The number of aromatic nitrogens is 3. The van der Waals surface area contributed by atoms with Crippen molar-refractivity contribution in [2.45, 2.75) is 24.3 Å². The maximum absolute atomic E-state index is 12.5. The van der Waals surface area contributed by atoms with Gasteiger partial charge in [0.1, 0.15) is 5.75 Å². The SMILES string of the molecule is COc1ccc(C)cc1NC(=O)[C@H](C)Sc1nc2ncc(Br)cc2[nH]1. The van der Waals surface area contributed by atoms with Crippen LogP contribution < -0.4 is 10.1 Å². The zero-order valence-corrected chi connectivity index (χ0v) is 16.4. The number of rotatable bonds is 5.